The molecule has 0 spiro atoms. The third kappa shape index (κ3) is 3.61. The summed E-state index contributed by atoms with van der Waals surface area (Å²) in [6, 6.07) is 0.148. The number of carboxylic acid groups (broad SMARTS) is 1. The summed E-state index contributed by atoms with van der Waals surface area (Å²) in [6.45, 7) is 0. The smallest absolute Gasteiger partial charge is 0.151 e. The number of amides is 1. The van der Waals surface area contributed by atoms with E-state index < -0.39 is 6.09 Å². The van der Waals surface area contributed by atoms with Crippen LogP contribution in [0.4, 0.5) is 4.79 Å². The minimum absolute atomic E-state index is 0.133. The Kier molecular flexibility index (Phi) is 4.01. The molecule has 3 N–H and O–H groups in total. The van der Waals surface area contributed by atoms with Crippen LogP contribution in [-0.2, 0) is 4.84 Å². The predicted molar refractivity (Wildman–Crippen MR) is 64.0 cm³/mol. The third-order valence-electron chi connectivity index (χ3n) is 3.08. The first-order chi connectivity index (χ1) is 8.63. The Hall–Kier alpha value is -1.79. The molecule has 0 aliphatic carbocycles. The van der Waals surface area contributed by atoms with E-state index in [-0.39, 0.29) is 12.1 Å². The van der Waals surface area contributed by atoms with E-state index in [9.17, 15) is 9.90 Å². The van der Waals surface area contributed by atoms with E-state index >= 15 is 0 Å². The van der Waals surface area contributed by atoms with Crippen LogP contribution in [0.1, 0.15) is 38.5 Å². The number of hydrogen-bond acceptors (Lipinski definition) is 6. The maximum Gasteiger partial charge on any atom is 0.151 e. The second-order valence-corrected chi connectivity index (χ2v) is 4.64. The van der Waals surface area contributed by atoms with Crippen molar-refractivity contribution in [3.8, 4) is 0 Å². The van der Waals surface area contributed by atoms with Gasteiger partial charge in [-0.25, -0.2) is 0 Å². The van der Waals surface area contributed by atoms with Gasteiger partial charge in [0, 0.05) is 19.3 Å². The molecule has 2 aliphatic rings. The van der Waals surface area contributed by atoms with Gasteiger partial charge in [-0.3, -0.25) is 4.99 Å². The summed E-state index contributed by atoms with van der Waals surface area (Å²) in [4.78, 5) is 20.0. The van der Waals surface area contributed by atoms with Crippen molar-refractivity contribution in [1.29, 1.82) is 0 Å². The van der Waals surface area contributed by atoms with Gasteiger partial charge < -0.3 is 25.8 Å². The summed E-state index contributed by atoms with van der Waals surface area (Å²) in [5.74, 6) is 0.995. The van der Waals surface area contributed by atoms with Crippen LogP contribution >= 0.6 is 0 Å². The van der Waals surface area contributed by atoms with Crippen molar-refractivity contribution < 1.29 is 14.7 Å². The van der Waals surface area contributed by atoms with E-state index in [4.69, 9.17) is 10.6 Å². The van der Waals surface area contributed by atoms with Crippen LogP contribution < -0.4 is 16.2 Å². The molecule has 2 rings (SSSR count). The van der Waals surface area contributed by atoms with Gasteiger partial charge in [0.1, 0.15) is 12.2 Å². The summed E-state index contributed by atoms with van der Waals surface area (Å²) < 4.78 is 0. The zero-order valence-electron chi connectivity index (χ0n) is 10.1. The molecule has 7 heteroatoms. The van der Waals surface area contributed by atoms with Crippen LogP contribution in [-0.4, -0.2) is 29.9 Å². The molecule has 7 nitrogen and oxygen atoms in total. The number of oxime groups is 1. The number of amidine groups is 2. The van der Waals surface area contributed by atoms with Crippen LogP contribution in [0.15, 0.2) is 10.1 Å². The first-order valence-electron chi connectivity index (χ1n) is 6.16. The van der Waals surface area contributed by atoms with E-state index in [2.05, 4.69) is 15.5 Å². The Morgan fingerprint density at radius 3 is 3.17 bits per heavy atom. The number of aliphatic imine (C=N–C) groups is 1. The molecule has 0 saturated heterocycles. The molecule has 0 fully saturated rings. The first kappa shape index (κ1) is 12.7. The summed E-state index contributed by atoms with van der Waals surface area (Å²) >= 11 is 0. The zero-order chi connectivity index (χ0) is 13.0. The Morgan fingerprint density at radius 2 is 2.39 bits per heavy atom. The van der Waals surface area contributed by atoms with Gasteiger partial charge in [0.2, 0.25) is 0 Å². The molecule has 2 aliphatic heterocycles. The highest BCUT2D eigenvalue weighted by molar-refractivity contribution is 5.94. The van der Waals surface area contributed by atoms with E-state index in [1.807, 2.05) is 0 Å². The van der Waals surface area contributed by atoms with Crippen molar-refractivity contribution in [2.75, 3.05) is 0 Å². The van der Waals surface area contributed by atoms with Gasteiger partial charge in [0.15, 0.2) is 5.84 Å². The molecule has 0 aromatic carbocycles. The number of nitrogens with two attached hydrogens (primary N) is 1. The van der Waals surface area contributed by atoms with Crippen LogP contribution in [0, 0.1) is 0 Å². The quantitative estimate of drug-likeness (QED) is 0.704. The maximum atomic E-state index is 10.3. The molecule has 2 heterocycles. The summed E-state index contributed by atoms with van der Waals surface area (Å²) in [7, 11) is 0. The van der Waals surface area contributed by atoms with E-state index in [1.165, 1.54) is 0 Å². The highest BCUT2D eigenvalue weighted by atomic mass is 16.6. The lowest BCUT2D eigenvalue weighted by Crippen LogP contribution is -2.40. The summed E-state index contributed by atoms with van der Waals surface area (Å²) in [5, 5.41) is 16.1. The number of carbonyl (C=O) groups excluding carboxylic acids is 1. The number of hydrogen-bond donors (Lipinski definition) is 2. The Morgan fingerprint density at radius 1 is 1.56 bits per heavy atom. The normalized spacial score (nSPS) is 27.8. The van der Waals surface area contributed by atoms with Gasteiger partial charge in [-0.15, -0.1) is 0 Å². The Balaban J connectivity index is 1.81. The second-order valence-electron chi connectivity index (χ2n) is 4.64. The SMILES string of the molecule is NC1=NC(CC2CC(NC(=O)[O-])=NO2)CCCC1. The monoisotopic (exact) mass is 253 g/mol. The van der Waals surface area contributed by atoms with Crippen molar-refractivity contribution in [1.82, 2.24) is 5.32 Å². The summed E-state index contributed by atoms with van der Waals surface area (Å²) in [6.07, 6.45) is 3.68. The van der Waals surface area contributed by atoms with Crippen molar-refractivity contribution in [3.63, 3.8) is 0 Å². The minimum atomic E-state index is -1.37. The molecule has 0 bridgehead atoms. The topological polar surface area (TPSA) is 112 Å². The predicted octanol–water partition coefficient (Wildman–Crippen LogP) is -0.288. The van der Waals surface area contributed by atoms with Crippen LogP contribution in [0.25, 0.3) is 0 Å². The third-order valence-corrected chi connectivity index (χ3v) is 3.08. The molecular formula is C11H17N4O3-. The van der Waals surface area contributed by atoms with Crippen molar-refractivity contribution in [3.05, 3.63) is 0 Å². The molecule has 0 radical (unpaired) electrons. The summed E-state index contributed by atoms with van der Waals surface area (Å²) in [5.41, 5.74) is 5.77. The molecule has 2 unspecified atom stereocenters. The maximum absolute atomic E-state index is 10.3. The van der Waals surface area contributed by atoms with Crippen molar-refractivity contribution >= 4 is 17.8 Å². The highest BCUT2D eigenvalue weighted by Crippen LogP contribution is 2.21. The lowest BCUT2D eigenvalue weighted by molar-refractivity contribution is -0.248. The van der Waals surface area contributed by atoms with Crippen molar-refractivity contribution in [2.24, 2.45) is 15.9 Å². The first-order valence-corrected chi connectivity index (χ1v) is 6.16. The Labute approximate surface area is 105 Å². The molecule has 100 valence electrons. The van der Waals surface area contributed by atoms with Crippen molar-refractivity contribution in [2.45, 2.75) is 50.7 Å². The van der Waals surface area contributed by atoms with Gasteiger partial charge in [0.05, 0.1) is 11.9 Å². The number of rotatable bonds is 2. The zero-order valence-corrected chi connectivity index (χ0v) is 10.1. The fourth-order valence-corrected chi connectivity index (χ4v) is 2.27. The highest BCUT2D eigenvalue weighted by Gasteiger charge is 2.25. The van der Waals surface area contributed by atoms with Crippen LogP contribution in [0.5, 0.6) is 0 Å². The van der Waals surface area contributed by atoms with Crippen LogP contribution in [0.3, 0.4) is 0 Å². The number of nitrogens with one attached hydrogen (secondary N) is 1. The van der Waals surface area contributed by atoms with Gasteiger partial charge >= 0.3 is 0 Å². The molecular weight excluding hydrogens is 236 g/mol. The molecule has 18 heavy (non-hydrogen) atoms. The van der Waals surface area contributed by atoms with Gasteiger partial charge in [-0.05, 0) is 12.8 Å². The van der Waals surface area contributed by atoms with Gasteiger partial charge in [0.25, 0.3) is 0 Å². The number of nitrogens with zero attached hydrogens (tertiary/aromatic N) is 2. The average Bonchev–Trinajstić information content (AvgIpc) is 2.59. The standard InChI is InChI=1S/C11H18N4O3/c12-9-4-2-1-3-7(13-9)5-8-6-10(15-18-8)14-11(16)17/h7-8H,1-6H2,(H2,12,13)(H,14,15)(H,16,17)/p-1. The van der Waals surface area contributed by atoms with E-state index in [1.54, 1.807) is 0 Å². The van der Waals surface area contributed by atoms with E-state index in [0.29, 0.717) is 24.5 Å². The molecule has 0 aromatic rings. The van der Waals surface area contributed by atoms with Gasteiger partial charge in [-0.1, -0.05) is 11.6 Å². The lowest BCUT2D eigenvalue weighted by Gasteiger charge is -2.14. The van der Waals surface area contributed by atoms with E-state index in [0.717, 1.165) is 25.7 Å². The molecule has 2 atom stereocenters. The molecule has 1 amide bonds. The Bertz CT molecular complexity index is 380. The second kappa shape index (κ2) is 5.70. The van der Waals surface area contributed by atoms with Crippen LogP contribution in [0.2, 0.25) is 0 Å². The molecule has 0 saturated carbocycles. The minimum Gasteiger partial charge on any atom is -0.530 e. The lowest BCUT2D eigenvalue weighted by atomic mass is 10.0. The number of carbonyl (C=O) groups is 1. The van der Waals surface area contributed by atoms with Gasteiger partial charge in [-0.2, -0.15) is 0 Å². The fourth-order valence-electron chi connectivity index (χ4n) is 2.27. The molecule has 0 aromatic heterocycles. The largest absolute Gasteiger partial charge is 0.530 e. The average molecular weight is 253 g/mol. The fraction of sp³-hybridized carbons (Fsp3) is 0.727.